The summed E-state index contributed by atoms with van der Waals surface area (Å²) in [5.74, 6) is 6.25. The molecule has 0 N–H and O–H groups in total. The van der Waals surface area contributed by atoms with E-state index in [1.54, 1.807) is 0 Å². The minimum absolute atomic E-state index is 0.0779. The SMILES string of the molecule is COC(=O)CCCC#CCN1C(=O)CCCCC1CCC(=O)Cc1ccccc1. The number of nitrogens with zero attached hydrogens (tertiary/aromatic N) is 1. The summed E-state index contributed by atoms with van der Waals surface area (Å²) in [6, 6.07) is 9.84. The lowest BCUT2D eigenvalue weighted by atomic mass is 9.99. The summed E-state index contributed by atoms with van der Waals surface area (Å²) in [6.07, 6.45) is 6.64. The molecule has 156 valence electrons. The number of hydrogen-bond donors (Lipinski definition) is 0. The van der Waals surface area contributed by atoms with Crippen molar-refractivity contribution in [2.24, 2.45) is 0 Å². The largest absolute Gasteiger partial charge is 0.469 e. The van der Waals surface area contributed by atoms with Gasteiger partial charge in [0.25, 0.3) is 0 Å². The fraction of sp³-hybridized carbons (Fsp3) is 0.542. The molecule has 1 heterocycles. The maximum atomic E-state index is 12.5. The van der Waals surface area contributed by atoms with Crippen molar-refractivity contribution in [2.45, 2.75) is 70.3 Å². The van der Waals surface area contributed by atoms with Gasteiger partial charge in [0.2, 0.25) is 5.91 Å². The van der Waals surface area contributed by atoms with Crippen LogP contribution >= 0.6 is 0 Å². The lowest BCUT2D eigenvalue weighted by Gasteiger charge is -2.28. The highest BCUT2D eigenvalue weighted by Crippen LogP contribution is 2.21. The van der Waals surface area contributed by atoms with E-state index in [2.05, 4.69) is 16.6 Å². The first-order chi connectivity index (χ1) is 14.1. The molecule has 1 aromatic rings. The summed E-state index contributed by atoms with van der Waals surface area (Å²) in [6.45, 7) is 0.397. The summed E-state index contributed by atoms with van der Waals surface area (Å²) < 4.78 is 4.61. The third-order valence-corrected chi connectivity index (χ3v) is 5.22. The number of esters is 1. The van der Waals surface area contributed by atoms with Crippen LogP contribution in [0.3, 0.4) is 0 Å². The molecule has 0 bridgehead atoms. The number of ether oxygens (including phenoxy) is 1. The Bertz CT molecular complexity index is 732. The second-order valence-corrected chi connectivity index (χ2v) is 7.44. The van der Waals surface area contributed by atoms with Gasteiger partial charge in [0.1, 0.15) is 5.78 Å². The van der Waals surface area contributed by atoms with Crippen molar-refractivity contribution in [3.63, 3.8) is 0 Å². The normalized spacial score (nSPS) is 16.5. The second-order valence-electron chi connectivity index (χ2n) is 7.44. The Balaban J connectivity index is 1.84. The van der Waals surface area contributed by atoms with Gasteiger partial charge in [-0.25, -0.2) is 0 Å². The topological polar surface area (TPSA) is 63.7 Å². The first-order valence-electron chi connectivity index (χ1n) is 10.5. The Kier molecular flexibility index (Phi) is 9.99. The molecule has 2 rings (SSSR count). The molecular weight excluding hydrogens is 366 g/mol. The molecule has 29 heavy (non-hydrogen) atoms. The van der Waals surface area contributed by atoms with Gasteiger partial charge in [-0.15, -0.1) is 5.92 Å². The predicted molar refractivity (Wildman–Crippen MR) is 112 cm³/mol. The number of unbranched alkanes of at least 4 members (excludes halogenated alkanes) is 1. The lowest BCUT2D eigenvalue weighted by molar-refractivity contribution is -0.140. The molecular formula is C24H31NO4. The number of amides is 1. The van der Waals surface area contributed by atoms with E-state index in [0.717, 1.165) is 24.8 Å². The van der Waals surface area contributed by atoms with E-state index in [-0.39, 0.29) is 23.7 Å². The standard InChI is InChI=1S/C24H31NO4/c1-29-24(28)15-7-2-3-10-18-25-21(13-8-9-14-23(25)27)16-17-22(26)19-20-11-5-4-6-12-20/h4-6,11-12,21H,2,7-9,13-19H2,1H3. The summed E-state index contributed by atoms with van der Waals surface area (Å²) in [7, 11) is 1.38. The van der Waals surface area contributed by atoms with Crippen LogP contribution in [0.5, 0.6) is 0 Å². The molecule has 1 aliphatic rings. The van der Waals surface area contributed by atoms with E-state index in [0.29, 0.717) is 51.5 Å². The minimum Gasteiger partial charge on any atom is -0.469 e. The summed E-state index contributed by atoms with van der Waals surface area (Å²) in [4.78, 5) is 37.9. The molecule has 0 aromatic heterocycles. The molecule has 5 nitrogen and oxygen atoms in total. The Labute approximate surface area is 173 Å². The number of rotatable bonds is 9. The van der Waals surface area contributed by atoms with Gasteiger partial charge in [0, 0.05) is 38.1 Å². The van der Waals surface area contributed by atoms with Crippen LogP contribution in [-0.4, -0.2) is 42.3 Å². The van der Waals surface area contributed by atoms with Gasteiger partial charge in [0.05, 0.1) is 13.7 Å². The van der Waals surface area contributed by atoms with Crippen LogP contribution in [0.15, 0.2) is 30.3 Å². The Hall–Kier alpha value is -2.61. The van der Waals surface area contributed by atoms with Crippen LogP contribution < -0.4 is 0 Å². The van der Waals surface area contributed by atoms with Crippen molar-refractivity contribution in [1.29, 1.82) is 0 Å². The number of benzene rings is 1. The minimum atomic E-state index is -0.227. The van der Waals surface area contributed by atoms with Crippen LogP contribution in [0, 0.1) is 11.8 Å². The zero-order chi connectivity index (χ0) is 20.9. The van der Waals surface area contributed by atoms with Crippen molar-refractivity contribution in [3.05, 3.63) is 35.9 Å². The number of carbonyl (C=O) groups excluding carboxylic acids is 3. The third kappa shape index (κ3) is 8.51. The highest BCUT2D eigenvalue weighted by atomic mass is 16.5. The van der Waals surface area contributed by atoms with Gasteiger partial charge in [-0.3, -0.25) is 14.4 Å². The smallest absolute Gasteiger partial charge is 0.305 e. The van der Waals surface area contributed by atoms with E-state index in [1.807, 2.05) is 35.2 Å². The van der Waals surface area contributed by atoms with E-state index in [9.17, 15) is 14.4 Å². The summed E-state index contributed by atoms with van der Waals surface area (Å²) in [5.41, 5.74) is 1.03. The lowest BCUT2D eigenvalue weighted by Crippen LogP contribution is -2.39. The van der Waals surface area contributed by atoms with Gasteiger partial charge in [-0.2, -0.15) is 0 Å². The number of likely N-dealkylation sites (tertiary alicyclic amines) is 1. The second kappa shape index (κ2) is 12.8. The van der Waals surface area contributed by atoms with Gasteiger partial charge in [0.15, 0.2) is 0 Å². The molecule has 1 aromatic carbocycles. The maximum Gasteiger partial charge on any atom is 0.305 e. The molecule has 1 aliphatic heterocycles. The van der Waals surface area contributed by atoms with Gasteiger partial charge >= 0.3 is 5.97 Å². The van der Waals surface area contributed by atoms with Crippen molar-refractivity contribution in [2.75, 3.05) is 13.7 Å². The predicted octanol–water partition coefficient (Wildman–Crippen LogP) is 3.70. The highest BCUT2D eigenvalue weighted by Gasteiger charge is 2.25. The molecule has 0 saturated carbocycles. The molecule has 1 unspecified atom stereocenters. The number of ketones is 1. The fourth-order valence-electron chi connectivity index (χ4n) is 3.57. The summed E-state index contributed by atoms with van der Waals surface area (Å²) in [5, 5.41) is 0. The van der Waals surface area contributed by atoms with Crippen molar-refractivity contribution in [1.82, 2.24) is 4.90 Å². The molecule has 0 radical (unpaired) electrons. The molecule has 5 heteroatoms. The Morgan fingerprint density at radius 1 is 1.14 bits per heavy atom. The zero-order valence-electron chi connectivity index (χ0n) is 17.3. The van der Waals surface area contributed by atoms with Gasteiger partial charge < -0.3 is 9.64 Å². The number of methoxy groups -OCH3 is 1. The van der Waals surface area contributed by atoms with Gasteiger partial charge in [-0.05, 0) is 31.2 Å². The highest BCUT2D eigenvalue weighted by molar-refractivity contribution is 5.81. The zero-order valence-corrected chi connectivity index (χ0v) is 17.3. The first-order valence-corrected chi connectivity index (χ1v) is 10.5. The molecule has 1 atom stereocenters. The van der Waals surface area contributed by atoms with Crippen molar-refractivity contribution < 1.29 is 19.1 Å². The average molecular weight is 398 g/mol. The van der Waals surface area contributed by atoms with Gasteiger partial charge in [-0.1, -0.05) is 42.7 Å². The molecule has 1 amide bonds. The Morgan fingerprint density at radius 3 is 2.69 bits per heavy atom. The van der Waals surface area contributed by atoms with Crippen LogP contribution in [0.25, 0.3) is 0 Å². The maximum absolute atomic E-state index is 12.5. The van der Waals surface area contributed by atoms with Crippen molar-refractivity contribution in [3.8, 4) is 11.8 Å². The third-order valence-electron chi connectivity index (χ3n) is 5.22. The van der Waals surface area contributed by atoms with Crippen molar-refractivity contribution >= 4 is 17.7 Å². The molecule has 0 aliphatic carbocycles. The van der Waals surface area contributed by atoms with E-state index >= 15 is 0 Å². The van der Waals surface area contributed by atoms with E-state index in [1.165, 1.54) is 7.11 Å². The number of Topliss-reactive ketones (excluding diaryl/α,β-unsaturated/α-hetero) is 1. The van der Waals surface area contributed by atoms with E-state index in [4.69, 9.17) is 0 Å². The number of hydrogen-bond acceptors (Lipinski definition) is 4. The summed E-state index contributed by atoms with van der Waals surface area (Å²) >= 11 is 0. The molecule has 1 fully saturated rings. The molecule has 1 saturated heterocycles. The Morgan fingerprint density at radius 2 is 1.93 bits per heavy atom. The van der Waals surface area contributed by atoms with Crippen LogP contribution in [0.4, 0.5) is 0 Å². The van der Waals surface area contributed by atoms with E-state index < -0.39 is 0 Å². The van der Waals surface area contributed by atoms with Crippen LogP contribution in [0.2, 0.25) is 0 Å². The quantitative estimate of drug-likeness (QED) is 0.362. The average Bonchev–Trinajstić information content (AvgIpc) is 2.90. The first kappa shape index (κ1) is 22.7. The van der Waals surface area contributed by atoms with Crippen LogP contribution in [0.1, 0.15) is 63.4 Å². The molecule has 0 spiro atoms. The number of carbonyl (C=O) groups is 3. The monoisotopic (exact) mass is 397 g/mol. The van der Waals surface area contributed by atoms with Crippen LogP contribution in [-0.2, 0) is 25.5 Å². The fourth-order valence-corrected chi connectivity index (χ4v) is 3.57.